The van der Waals surface area contributed by atoms with Crippen molar-refractivity contribution >= 4 is 12.1 Å². The molecule has 8 N–H and O–H groups in total. The molecule has 2 saturated heterocycles. The van der Waals surface area contributed by atoms with Crippen molar-refractivity contribution in [2.24, 2.45) is 0 Å². The third-order valence-corrected chi connectivity index (χ3v) is 8.51. The van der Waals surface area contributed by atoms with Gasteiger partial charge in [0.05, 0.1) is 6.61 Å². The molecule has 0 aromatic heterocycles. The Bertz CT molecular complexity index is 922. The Morgan fingerprint density at radius 2 is 1.30 bits per heavy atom. The number of ether oxygens (including phenoxy) is 5. The van der Waals surface area contributed by atoms with Crippen LogP contribution in [0, 0.1) is 0 Å². The number of amides is 1. The van der Waals surface area contributed by atoms with Crippen molar-refractivity contribution in [1.82, 2.24) is 5.32 Å². The Hall–Kier alpha value is -1.92. The van der Waals surface area contributed by atoms with Crippen molar-refractivity contribution in [2.75, 3.05) is 19.8 Å². The molecule has 0 saturated carbocycles. The summed E-state index contributed by atoms with van der Waals surface area (Å²) >= 11 is 0. The van der Waals surface area contributed by atoms with Gasteiger partial charge < -0.3 is 64.7 Å². The summed E-state index contributed by atoms with van der Waals surface area (Å²) in [5.74, 6) is -0.531. The molecular weight excluding hydrogens is 610 g/mol. The van der Waals surface area contributed by atoms with Crippen LogP contribution >= 0.6 is 0 Å². The van der Waals surface area contributed by atoms with E-state index in [1.807, 2.05) is 0 Å². The summed E-state index contributed by atoms with van der Waals surface area (Å²) < 4.78 is 26.8. The molecule has 3 rings (SSSR count). The minimum Gasteiger partial charge on any atom is -0.463 e. The maximum Gasteiger partial charge on any atom is 0.407 e. The number of hydrogen-bond acceptors (Lipinski definition) is 14. The fourth-order valence-corrected chi connectivity index (χ4v) is 5.63. The molecule has 0 spiro atoms. The van der Waals surface area contributed by atoms with Crippen LogP contribution in [0.4, 0.5) is 4.79 Å². The predicted molar refractivity (Wildman–Crippen MR) is 160 cm³/mol. The van der Waals surface area contributed by atoms with E-state index in [2.05, 4.69) is 17.5 Å². The lowest BCUT2D eigenvalue weighted by Gasteiger charge is -2.44. The van der Waals surface area contributed by atoms with Crippen LogP contribution in [-0.2, 0) is 28.5 Å². The van der Waals surface area contributed by atoms with E-state index in [0.29, 0.717) is 13.0 Å². The van der Waals surface area contributed by atoms with Crippen LogP contribution in [0.15, 0.2) is 12.2 Å². The van der Waals surface area contributed by atoms with Gasteiger partial charge in [-0.2, -0.15) is 0 Å². The number of aliphatic hydroxyl groups excluding tert-OH is 7. The Balaban J connectivity index is 1.24. The molecule has 3 aliphatic rings. The lowest BCUT2D eigenvalue weighted by atomic mass is 9.98. The topological polar surface area (TPSA) is 234 Å². The third kappa shape index (κ3) is 12.3. The Morgan fingerprint density at radius 3 is 1.98 bits per heavy atom. The highest BCUT2D eigenvalue weighted by atomic mass is 16.8. The average molecular weight is 664 g/mol. The van der Waals surface area contributed by atoms with Crippen molar-refractivity contribution in [3.8, 4) is 0 Å². The van der Waals surface area contributed by atoms with Gasteiger partial charge in [0, 0.05) is 13.0 Å². The van der Waals surface area contributed by atoms with Gasteiger partial charge in [0.15, 0.2) is 12.6 Å². The number of aliphatic hydroxyl groups is 7. The van der Waals surface area contributed by atoms with Gasteiger partial charge in [0.25, 0.3) is 0 Å². The molecule has 0 radical (unpaired) electrons. The summed E-state index contributed by atoms with van der Waals surface area (Å²) in [5, 5.41) is 73.1. The lowest BCUT2D eigenvalue weighted by Crippen LogP contribution is -2.63. The third-order valence-electron chi connectivity index (χ3n) is 8.51. The molecular formula is C31H53NO14. The highest BCUT2D eigenvalue weighted by Crippen LogP contribution is 2.28. The van der Waals surface area contributed by atoms with E-state index in [1.54, 1.807) is 0 Å². The number of allylic oxidation sites excluding steroid dienone is 2. The normalized spacial score (nSPS) is 35.8. The second-order valence-electron chi connectivity index (χ2n) is 12.2. The van der Waals surface area contributed by atoms with E-state index in [1.165, 1.54) is 0 Å². The van der Waals surface area contributed by atoms with Crippen LogP contribution in [0.3, 0.4) is 0 Å². The number of esters is 1. The number of rotatable bonds is 16. The van der Waals surface area contributed by atoms with Crippen molar-refractivity contribution in [1.29, 1.82) is 0 Å². The molecule has 0 bridgehead atoms. The molecule has 2 fully saturated rings. The Morgan fingerprint density at radius 1 is 0.717 bits per heavy atom. The number of carbonyl (C=O) groups excluding carboxylic acids is 2. The van der Waals surface area contributed by atoms with Gasteiger partial charge in [-0.1, -0.05) is 44.3 Å². The standard InChI is InChI=1S/C31H53NO14/c33-17-20-23(35)25(37)27(39)29(44-20)46-30-28(40)26(38)24(36)21(45-30)18-42-22(34)15-11-7-2-1-3-8-12-16-32-31(41)43-19-13-9-5-4-6-10-14-19/h4-5,19-21,23-30,33,35-40H,1-3,6-18H2,(H,32,41)/b5-4+/t19?,20?,21?,23-,24-,25?,26+,27-,28?,29-,30-/m1/s1. The fraction of sp³-hybridized carbons (Fsp3) is 0.871. The Labute approximate surface area is 269 Å². The summed E-state index contributed by atoms with van der Waals surface area (Å²) in [5.41, 5.74) is 0. The van der Waals surface area contributed by atoms with Crippen molar-refractivity contribution < 1.29 is 69.0 Å². The van der Waals surface area contributed by atoms with E-state index in [0.717, 1.165) is 70.6 Å². The molecule has 5 unspecified atom stereocenters. The number of nitrogens with one attached hydrogen (secondary N) is 1. The van der Waals surface area contributed by atoms with Gasteiger partial charge in [-0.25, -0.2) is 4.79 Å². The highest BCUT2D eigenvalue weighted by molar-refractivity contribution is 5.69. The summed E-state index contributed by atoms with van der Waals surface area (Å²) in [6.45, 7) is -0.569. The minimum absolute atomic E-state index is 0.0172. The molecule has 15 heteroatoms. The van der Waals surface area contributed by atoms with E-state index >= 15 is 0 Å². The zero-order valence-electron chi connectivity index (χ0n) is 26.3. The van der Waals surface area contributed by atoms with Crippen LogP contribution in [0.25, 0.3) is 0 Å². The molecule has 46 heavy (non-hydrogen) atoms. The van der Waals surface area contributed by atoms with Crippen molar-refractivity contribution in [3.05, 3.63) is 12.2 Å². The molecule has 2 aliphatic heterocycles. The minimum atomic E-state index is -1.79. The summed E-state index contributed by atoms with van der Waals surface area (Å²) in [4.78, 5) is 24.3. The first-order chi connectivity index (χ1) is 22.1. The molecule has 1 amide bonds. The molecule has 0 aromatic rings. The van der Waals surface area contributed by atoms with Gasteiger partial charge in [-0.05, 0) is 44.9 Å². The zero-order chi connectivity index (χ0) is 33.5. The Kier molecular flexibility index (Phi) is 17.1. The lowest BCUT2D eigenvalue weighted by molar-refractivity contribution is -0.376. The number of hydrogen-bond donors (Lipinski definition) is 8. The van der Waals surface area contributed by atoms with E-state index in [4.69, 9.17) is 23.7 Å². The SMILES string of the molecule is O=C(CCCCCCCCCNC(=O)OC1CC/C=C/CCC1)OCC1O[C@H](O[C@H]2OC(CO)[C@@H](O)C(O)[C@H]2O)C(O)[C@@H](O)[C@@H]1O. The van der Waals surface area contributed by atoms with Crippen molar-refractivity contribution in [2.45, 2.75) is 151 Å². The smallest absolute Gasteiger partial charge is 0.407 e. The fourth-order valence-electron chi connectivity index (χ4n) is 5.63. The van der Waals surface area contributed by atoms with Gasteiger partial charge in [-0.15, -0.1) is 0 Å². The van der Waals surface area contributed by atoms with E-state index in [9.17, 15) is 45.3 Å². The molecule has 1 aliphatic carbocycles. The van der Waals surface area contributed by atoms with Crippen LogP contribution < -0.4 is 5.32 Å². The molecule has 11 atom stereocenters. The first-order valence-corrected chi connectivity index (χ1v) is 16.5. The monoisotopic (exact) mass is 663 g/mol. The highest BCUT2D eigenvalue weighted by Gasteiger charge is 2.49. The molecule has 15 nitrogen and oxygen atoms in total. The van der Waals surface area contributed by atoms with Crippen molar-refractivity contribution in [3.63, 3.8) is 0 Å². The number of carbonyl (C=O) groups is 2. The number of unbranched alkanes of at least 4 members (excludes halogenated alkanes) is 6. The maximum atomic E-state index is 12.3. The molecule has 266 valence electrons. The van der Waals surface area contributed by atoms with Crippen LogP contribution in [-0.4, -0.2) is 135 Å². The number of alkyl carbamates (subject to hydrolysis) is 1. The largest absolute Gasteiger partial charge is 0.463 e. The second kappa shape index (κ2) is 20.4. The summed E-state index contributed by atoms with van der Waals surface area (Å²) in [6.07, 6.45) is -1.13. The molecule has 0 aromatic carbocycles. The first-order valence-electron chi connectivity index (χ1n) is 16.5. The van der Waals surface area contributed by atoms with Crippen LogP contribution in [0.5, 0.6) is 0 Å². The average Bonchev–Trinajstić information content (AvgIpc) is 3.02. The van der Waals surface area contributed by atoms with Gasteiger partial charge in [-0.3, -0.25) is 4.79 Å². The summed E-state index contributed by atoms with van der Waals surface area (Å²) in [7, 11) is 0. The van der Waals surface area contributed by atoms with E-state index in [-0.39, 0.29) is 18.6 Å². The van der Waals surface area contributed by atoms with Gasteiger partial charge in [0.1, 0.15) is 61.5 Å². The van der Waals surface area contributed by atoms with Gasteiger partial charge >= 0.3 is 12.1 Å². The predicted octanol–water partition coefficient (Wildman–Crippen LogP) is -0.110. The van der Waals surface area contributed by atoms with E-state index < -0.39 is 80.6 Å². The van der Waals surface area contributed by atoms with Crippen LogP contribution in [0.2, 0.25) is 0 Å². The zero-order valence-corrected chi connectivity index (χ0v) is 26.3. The maximum absolute atomic E-state index is 12.3. The first kappa shape index (κ1) is 38.5. The quantitative estimate of drug-likeness (QED) is 0.0612. The van der Waals surface area contributed by atoms with Gasteiger partial charge in [0.2, 0.25) is 0 Å². The summed E-state index contributed by atoms with van der Waals surface area (Å²) in [6, 6.07) is 0. The van der Waals surface area contributed by atoms with Crippen LogP contribution in [0.1, 0.15) is 83.5 Å². The second-order valence-corrected chi connectivity index (χ2v) is 12.2. The molecule has 2 heterocycles.